The molecule has 2 rings (SSSR count). The van der Waals surface area contributed by atoms with Gasteiger partial charge in [0, 0.05) is 34.8 Å². The highest BCUT2D eigenvalue weighted by Gasteiger charge is 2.23. The predicted octanol–water partition coefficient (Wildman–Crippen LogP) is 3.25. The summed E-state index contributed by atoms with van der Waals surface area (Å²) in [6.07, 6.45) is 0. The summed E-state index contributed by atoms with van der Waals surface area (Å²) in [5.41, 5.74) is 0.161. The Morgan fingerprint density at radius 2 is 2.19 bits per heavy atom. The van der Waals surface area contributed by atoms with Gasteiger partial charge in [0.2, 0.25) is 0 Å². The van der Waals surface area contributed by atoms with Crippen LogP contribution < -0.4 is 5.32 Å². The molecule has 1 aromatic carbocycles. The van der Waals surface area contributed by atoms with Crippen molar-refractivity contribution in [2.45, 2.75) is 25.9 Å². The highest BCUT2D eigenvalue weighted by atomic mass is 32.1. The van der Waals surface area contributed by atoms with E-state index in [0.29, 0.717) is 22.3 Å². The van der Waals surface area contributed by atoms with E-state index >= 15 is 0 Å². The molecule has 0 aliphatic heterocycles. The lowest BCUT2D eigenvalue weighted by molar-refractivity contribution is 0.0700. The molecule has 6 heteroatoms. The zero-order valence-corrected chi connectivity index (χ0v) is 13.0. The first-order chi connectivity index (χ1) is 9.85. The fraction of sp³-hybridized carbons (Fsp3) is 0.400. The molecule has 0 atom stereocenters. The summed E-state index contributed by atoms with van der Waals surface area (Å²) in [4.78, 5) is 11.6. The van der Waals surface area contributed by atoms with Crippen molar-refractivity contribution in [1.29, 1.82) is 0 Å². The maximum Gasteiger partial charge on any atom is 0.346 e. The SMILES string of the molecule is COCC(C)(C)NCc1c(C(=O)O)sc2cccc(F)c12. The zero-order valence-electron chi connectivity index (χ0n) is 12.2. The smallest absolute Gasteiger partial charge is 0.346 e. The van der Waals surface area contributed by atoms with Crippen LogP contribution in [-0.2, 0) is 11.3 Å². The molecule has 4 nitrogen and oxygen atoms in total. The minimum absolute atomic E-state index is 0.177. The van der Waals surface area contributed by atoms with Crippen LogP contribution in [-0.4, -0.2) is 30.3 Å². The number of hydrogen-bond acceptors (Lipinski definition) is 4. The van der Waals surface area contributed by atoms with Crippen molar-refractivity contribution in [2.24, 2.45) is 0 Å². The van der Waals surface area contributed by atoms with Crippen LogP contribution in [0.2, 0.25) is 0 Å². The van der Waals surface area contributed by atoms with E-state index < -0.39 is 11.8 Å². The Hall–Kier alpha value is -1.50. The molecule has 1 heterocycles. The standard InChI is InChI=1S/C15H18FNO3S/c1-15(2,8-20-3)17-7-9-12-10(16)5-4-6-11(12)21-13(9)14(18)19/h4-6,17H,7-8H2,1-3H3,(H,18,19). The van der Waals surface area contributed by atoms with Gasteiger partial charge >= 0.3 is 5.97 Å². The van der Waals surface area contributed by atoms with Gasteiger partial charge in [-0.05, 0) is 26.0 Å². The first-order valence-corrected chi connectivity index (χ1v) is 7.34. The molecule has 0 amide bonds. The molecular weight excluding hydrogens is 293 g/mol. The van der Waals surface area contributed by atoms with Crippen LogP contribution >= 0.6 is 11.3 Å². The largest absolute Gasteiger partial charge is 0.477 e. The molecule has 0 aliphatic rings. The number of carbonyl (C=O) groups is 1. The second-order valence-electron chi connectivity index (χ2n) is 5.50. The summed E-state index contributed by atoms with van der Waals surface area (Å²) in [5, 5.41) is 12.9. The highest BCUT2D eigenvalue weighted by molar-refractivity contribution is 7.21. The lowest BCUT2D eigenvalue weighted by Crippen LogP contribution is -2.42. The molecule has 0 spiro atoms. The van der Waals surface area contributed by atoms with Crippen LogP contribution in [0, 0.1) is 5.82 Å². The zero-order chi connectivity index (χ0) is 15.6. The van der Waals surface area contributed by atoms with E-state index in [1.807, 2.05) is 13.8 Å². The molecule has 1 aromatic heterocycles. The lowest BCUT2D eigenvalue weighted by atomic mass is 10.0. The van der Waals surface area contributed by atoms with Gasteiger partial charge in [-0.2, -0.15) is 0 Å². The number of rotatable bonds is 6. The molecule has 114 valence electrons. The number of carboxylic acids is 1. The fourth-order valence-corrected chi connectivity index (χ4v) is 3.32. The second-order valence-corrected chi connectivity index (χ2v) is 6.55. The maximum absolute atomic E-state index is 14.1. The molecular formula is C15H18FNO3S. The summed E-state index contributed by atoms with van der Waals surface area (Å²) in [5.74, 6) is -1.42. The molecule has 2 N–H and O–H groups in total. The van der Waals surface area contributed by atoms with Crippen molar-refractivity contribution in [2.75, 3.05) is 13.7 Å². The first-order valence-electron chi connectivity index (χ1n) is 6.53. The summed E-state index contributed by atoms with van der Waals surface area (Å²) >= 11 is 1.10. The Balaban J connectivity index is 2.41. The van der Waals surface area contributed by atoms with Crippen LogP contribution in [0.5, 0.6) is 0 Å². The summed E-state index contributed by atoms with van der Waals surface area (Å²) in [6.45, 7) is 4.64. The van der Waals surface area contributed by atoms with Crippen molar-refractivity contribution in [3.8, 4) is 0 Å². The number of hydrogen-bond donors (Lipinski definition) is 2. The number of nitrogens with one attached hydrogen (secondary N) is 1. The van der Waals surface area contributed by atoms with Crippen LogP contribution in [0.15, 0.2) is 18.2 Å². The van der Waals surface area contributed by atoms with Crippen molar-refractivity contribution in [3.63, 3.8) is 0 Å². The fourth-order valence-electron chi connectivity index (χ4n) is 2.25. The first kappa shape index (κ1) is 15.9. The number of aromatic carboxylic acids is 1. The van der Waals surface area contributed by atoms with Gasteiger partial charge < -0.3 is 15.2 Å². The number of benzene rings is 1. The molecule has 0 fully saturated rings. The minimum Gasteiger partial charge on any atom is -0.477 e. The lowest BCUT2D eigenvalue weighted by Gasteiger charge is -2.25. The van der Waals surface area contributed by atoms with Crippen LogP contribution in [0.1, 0.15) is 29.1 Å². The Morgan fingerprint density at radius 3 is 2.81 bits per heavy atom. The van der Waals surface area contributed by atoms with E-state index in [1.54, 1.807) is 19.2 Å². The summed E-state index contributed by atoms with van der Waals surface area (Å²) < 4.78 is 19.8. The van der Waals surface area contributed by atoms with Gasteiger partial charge in [-0.15, -0.1) is 11.3 Å². The number of ether oxygens (including phenoxy) is 1. The van der Waals surface area contributed by atoms with Gasteiger partial charge in [0.05, 0.1) is 6.61 Å². The predicted molar refractivity (Wildman–Crippen MR) is 81.5 cm³/mol. The summed E-state index contributed by atoms with van der Waals surface area (Å²) in [6, 6.07) is 4.68. The monoisotopic (exact) mass is 311 g/mol. The van der Waals surface area contributed by atoms with Gasteiger partial charge in [-0.3, -0.25) is 0 Å². The molecule has 0 aliphatic carbocycles. The van der Waals surface area contributed by atoms with Crippen molar-refractivity contribution in [1.82, 2.24) is 5.32 Å². The second kappa shape index (κ2) is 6.09. The Morgan fingerprint density at radius 1 is 1.48 bits per heavy atom. The topological polar surface area (TPSA) is 58.6 Å². The molecule has 0 saturated heterocycles. The summed E-state index contributed by atoms with van der Waals surface area (Å²) in [7, 11) is 1.60. The van der Waals surface area contributed by atoms with Gasteiger partial charge in [-0.25, -0.2) is 9.18 Å². The number of carboxylic acid groups (broad SMARTS) is 1. The van der Waals surface area contributed by atoms with E-state index in [1.165, 1.54) is 6.07 Å². The van der Waals surface area contributed by atoms with Crippen molar-refractivity contribution < 1.29 is 19.0 Å². The van der Waals surface area contributed by atoms with Gasteiger partial charge in [0.15, 0.2) is 0 Å². The molecule has 21 heavy (non-hydrogen) atoms. The average molecular weight is 311 g/mol. The molecule has 0 bridgehead atoms. The Bertz CT molecular complexity index is 666. The van der Waals surface area contributed by atoms with E-state index in [9.17, 15) is 14.3 Å². The van der Waals surface area contributed by atoms with Gasteiger partial charge in [0.25, 0.3) is 0 Å². The third-order valence-electron chi connectivity index (χ3n) is 3.21. The van der Waals surface area contributed by atoms with Gasteiger partial charge in [-0.1, -0.05) is 6.07 Å². The number of fused-ring (bicyclic) bond motifs is 1. The van der Waals surface area contributed by atoms with Crippen molar-refractivity contribution in [3.05, 3.63) is 34.5 Å². The van der Waals surface area contributed by atoms with E-state index in [4.69, 9.17) is 4.74 Å². The van der Waals surface area contributed by atoms with E-state index in [2.05, 4.69) is 5.32 Å². The third-order valence-corrected chi connectivity index (χ3v) is 4.39. The van der Waals surface area contributed by atoms with Gasteiger partial charge in [0.1, 0.15) is 10.7 Å². The third kappa shape index (κ3) is 3.40. The van der Waals surface area contributed by atoms with Crippen LogP contribution in [0.25, 0.3) is 10.1 Å². The average Bonchev–Trinajstić information content (AvgIpc) is 2.77. The Kier molecular flexibility index (Phi) is 4.61. The van der Waals surface area contributed by atoms with Crippen molar-refractivity contribution >= 4 is 27.4 Å². The number of halogens is 1. The molecule has 0 saturated carbocycles. The Labute approximate surface area is 126 Å². The quantitative estimate of drug-likeness (QED) is 0.860. The molecule has 2 aromatic rings. The van der Waals surface area contributed by atoms with E-state index in [0.717, 1.165) is 11.3 Å². The molecule has 0 radical (unpaired) electrons. The minimum atomic E-state index is -1.03. The van der Waals surface area contributed by atoms with Crippen LogP contribution in [0.3, 0.4) is 0 Å². The number of thiophene rings is 1. The molecule has 0 unspecified atom stereocenters. The van der Waals surface area contributed by atoms with Crippen LogP contribution in [0.4, 0.5) is 4.39 Å². The highest BCUT2D eigenvalue weighted by Crippen LogP contribution is 2.33. The normalized spacial score (nSPS) is 12.0. The van der Waals surface area contributed by atoms with E-state index in [-0.39, 0.29) is 17.0 Å². The maximum atomic E-state index is 14.1. The number of methoxy groups -OCH3 is 1.